The lowest BCUT2D eigenvalue weighted by molar-refractivity contribution is -0.136. The average Bonchev–Trinajstić information content (AvgIpc) is 2.37. The van der Waals surface area contributed by atoms with Crippen LogP contribution in [-0.2, 0) is 16.6 Å². The van der Waals surface area contributed by atoms with E-state index in [0.717, 1.165) is 0 Å². The van der Waals surface area contributed by atoms with Crippen LogP contribution in [0.1, 0.15) is 18.9 Å². The molecule has 0 spiro atoms. The van der Waals surface area contributed by atoms with Crippen molar-refractivity contribution in [2.45, 2.75) is 31.0 Å². The number of aliphatic hydroxyl groups excluding tert-OH is 1. The first kappa shape index (κ1) is 16.9. The van der Waals surface area contributed by atoms with Gasteiger partial charge in [0, 0.05) is 6.54 Å². The van der Waals surface area contributed by atoms with E-state index < -0.39 is 22.7 Å². The van der Waals surface area contributed by atoms with Crippen LogP contribution in [0.2, 0.25) is 0 Å². The molecule has 0 saturated carbocycles. The molecule has 0 saturated heterocycles. The molecule has 1 aromatic rings. The smallest absolute Gasteiger partial charge is 0.392 e. The first-order valence-electron chi connectivity index (χ1n) is 5.97. The minimum Gasteiger partial charge on any atom is -0.392 e. The minimum absolute atomic E-state index is 0.217. The fraction of sp³-hybridized carbons (Fsp3) is 0.500. The zero-order chi connectivity index (χ0) is 15.4. The van der Waals surface area contributed by atoms with E-state index in [9.17, 15) is 21.6 Å². The van der Waals surface area contributed by atoms with E-state index in [1.54, 1.807) is 6.92 Å². The molecule has 0 aromatic heterocycles. The molecule has 1 aromatic carbocycles. The van der Waals surface area contributed by atoms with Crippen molar-refractivity contribution in [3.05, 3.63) is 29.8 Å². The van der Waals surface area contributed by atoms with Gasteiger partial charge in [-0.05, 0) is 24.1 Å². The molecule has 0 atom stereocenters. The van der Waals surface area contributed by atoms with Crippen molar-refractivity contribution in [1.29, 1.82) is 0 Å². The quantitative estimate of drug-likeness (QED) is 0.876. The summed E-state index contributed by atoms with van der Waals surface area (Å²) in [5.41, 5.74) is 0.328. The summed E-state index contributed by atoms with van der Waals surface area (Å²) < 4.78 is 62.3. The summed E-state index contributed by atoms with van der Waals surface area (Å²) in [5, 5.41) is 8.97. The van der Waals surface area contributed by atoms with E-state index in [0.29, 0.717) is 9.87 Å². The average molecular weight is 311 g/mol. The number of hydrogen-bond acceptors (Lipinski definition) is 3. The Kier molecular flexibility index (Phi) is 5.55. The normalized spacial score (nSPS) is 12.9. The lowest BCUT2D eigenvalue weighted by Gasteiger charge is -2.23. The van der Waals surface area contributed by atoms with Gasteiger partial charge in [-0.3, -0.25) is 0 Å². The van der Waals surface area contributed by atoms with Crippen LogP contribution in [0.15, 0.2) is 29.2 Å². The molecular formula is C12H16F3NO3S. The Hall–Kier alpha value is -1.12. The van der Waals surface area contributed by atoms with Crippen molar-refractivity contribution in [3.8, 4) is 0 Å². The first-order valence-corrected chi connectivity index (χ1v) is 7.41. The summed E-state index contributed by atoms with van der Waals surface area (Å²) in [6.45, 7) is -0.517. The third-order valence-corrected chi connectivity index (χ3v) is 4.39. The van der Waals surface area contributed by atoms with E-state index in [-0.39, 0.29) is 24.5 Å². The molecule has 0 bridgehead atoms. The fourth-order valence-corrected chi connectivity index (χ4v) is 3.28. The molecule has 0 aliphatic heterocycles. The third-order valence-electron chi connectivity index (χ3n) is 2.55. The van der Waals surface area contributed by atoms with Crippen LogP contribution in [-0.4, -0.2) is 37.1 Å². The van der Waals surface area contributed by atoms with Crippen molar-refractivity contribution < 1.29 is 26.7 Å². The number of alkyl halides is 3. The molecule has 0 radical (unpaired) electrons. The lowest BCUT2D eigenvalue weighted by atomic mass is 10.2. The molecular weight excluding hydrogens is 295 g/mol. The Morgan fingerprint density at radius 2 is 1.95 bits per heavy atom. The van der Waals surface area contributed by atoms with Crippen LogP contribution in [0.4, 0.5) is 13.2 Å². The third kappa shape index (κ3) is 4.46. The first-order chi connectivity index (χ1) is 9.20. The molecule has 1 N–H and O–H groups in total. The second-order valence-electron chi connectivity index (χ2n) is 4.26. The van der Waals surface area contributed by atoms with Gasteiger partial charge < -0.3 is 5.11 Å². The SMILES string of the molecule is CCCN(CC(F)(F)F)S(=O)(=O)c1cccc(CO)c1. The molecule has 0 aliphatic rings. The Balaban J connectivity index is 3.15. The summed E-state index contributed by atoms with van der Waals surface area (Å²) in [6, 6.07) is 5.27. The van der Waals surface area contributed by atoms with Gasteiger partial charge in [-0.25, -0.2) is 8.42 Å². The van der Waals surface area contributed by atoms with Gasteiger partial charge in [0.2, 0.25) is 10.0 Å². The number of hydrogen-bond donors (Lipinski definition) is 1. The number of rotatable bonds is 6. The van der Waals surface area contributed by atoms with E-state index in [1.807, 2.05) is 0 Å². The van der Waals surface area contributed by atoms with Crippen LogP contribution in [0, 0.1) is 0 Å². The second-order valence-corrected chi connectivity index (χ2v) is 6.20. The highest BCUT2D eigenvalue weighted by Crippen LogP contribution is 2.23. The maximum absolute atomic E-state index is 12.5. The van der Waals surface area contributed by atoms with Gasteiger partial charge in [-0.1, -0.05) is 19.1 Å². The maximum Gasteiger partial charge on any atom is 0.402 e. The largest absolute Gasteiger partial charge is 0.402 e. The predicted molar refractivity (Wildman–Crippen MR) is 67.5 cm³/mol. The molecule has 1 rings (SSSR count). The highest BCUT2D eigenvalue weighted by atomic mass is 32.2. The molecule has 0 heterocycles. The minimum atomic E-state index is -4.60. The second kappa shape index (κ2) is 6.55. The van der Waals surface area contributed by atoms with Crippen molar-refractivity contribution >= 4 is 10.0 Å². The van der Waals surface area contributed by atoms with E-state index in [4.69, 9.17) is 5.11 Å². The van der Waals surface area contributed by atoms with Crippen LogP contribution in [0.25, 0.3) is 0 Å². The Labute approximate surface area is 115 Å². The lowest BCUT2D eigenvalue weighted by Crippen LogP contribution is -2.39. The molecule has 114 valence electrons. The molecule has 4 nitrogen and oxygen atoms in total. The molecule has 20 heavy (non-hydrogen) atoms. The standard InChI is InChI=1S/C12H16F3NO3S/c1-2-6-16(9-12(13,14)15)20(18,19)11-5-3-4-10(7-11)8-17/h3-5,7,17H,2,6,8-9H2,1H3. The Morgan fingerprint density at radius 3 is 2.45 bits per heavy atom. The molecule has 0 unspecified atom stereocenters. The highest BCUT2D eigenvalue weighted by molar-refractivity contribution is 7.89. The van der Waals surface area contributed by atoms with Crippen molar-refractivity contribution in [3.63, 3.8) is 0 Å². The topological polar surface area (TPSA) is 57.6 Å². The number of benzene rings is 1. The Bertz CT molecular complexity index is 543. The number of nitrogens with zero attached hydrogens (tertiary/aromatic N) is 1. The number of aliphatic hydroxyl groups is 1. The molecule has 0 fully saturated rings. The summed E-state index contributed by atoms with van der Waals surface area (Å²) in [6.07, 6.45) is -4.33. The van der Waals surface area contributed by atoms with Gasteiger partial charge in [0.05, 0.1) is 11.5 Å². The van der Waals surface area contributed by atoms with Crippen LogP contribution in [0.5, 0.6) is 0 Å². The van der Waals surface area contributed by atoms with Gasteiger partial charge in [0.25, 0.3) is 0 Å². The van der Waals surface area contributed by atoms with Gasteiger partial charge in [0.15, 0.2) is 0 Å². The van der Waals surface area contributed by atoms with E-state index in [1.165, 1.54) is 24.3 Å². The van der Waals surface area contributed by atoms with Crippen LogP contribution < -0.4 is 0 Å². The predicted octanol–water partition coefficient (Wildman–Crippen LogP) is 2.14. The van der Waals surface area contributed by atoms with Crippen molar-refractivity contribution in [2.75, 3.05) is 13.1 Å². The Morgan fingerprint density at radius 1 is 1.30 bits per heavy atom. The fourth-order valence-electron chi connectivity index (χ4n) is 1.69. The van der Waals surface area contributed by atoms with E-state index in [2.05, 4.69) is 0 Å². The van der Waals surface area contributed by atoms with Gasteiger partial charge in [0.1, 0.15) is 6.54 Å². The maximum atomic E-state index is 12.5. The van der Waals surface area contributed by atoms with E-state index >= 15 is 0 Å². The van der Waals surface area contributed by atoms with Crippen LogP contribution in [0.3, 0.4) is 0 Å². The summed E-state index contributed by atoms with van der Waals surface area (Å²) >= 11 is 0. The highest BCUT2D eigenvalue weighted by Gasteiger charge is 2.36. The van der Waals surface area contributed by atoms with Crippen LogP contribution >= 0.6 is 0 Å². The van der Waals surface area contributed by atoms with Crippen molar-refractivity contribution in [2.24, 2.45) is 0 Å². The van der Waals surface area contributed by atoms with Gasteiger partial charge in [-0.15, -0.1) is 0 Å². The van der Waals surface area contributed by atoms with Gasteiger partial charge in [-0.2, -0.15) is 17.5 Å². The zero-order valence-corrected chi connectivity index (χ0v) is 11.7. The molecule has 8 heteroatoms. The zero-order valence-electron chi connectivity index (χ0n) is 10.9. The molecule has 0 aliphatic carbocycles. The summed E-state index contributed by atoms with van der Waals surface area (Å²) in [5.74, 6) is 0. The summed E-state index contributed by atoms with van der Waals surface area (Å²) in [7, 11) is -4.23. The molecule has 0 amide bonds. The number of halogens is 3. The summed E-state index contributed by atoms with van der Waals surface area (Å²) in [4.78, 5) is -0.248. The monoisotopic (exact) mass is 311 g/mol. The van der Waals surface area contributed by atoms with Gasteiger partial charge >= 0.3 is 6.18 Å². The number of sulfonamides is 1. The van der Waals surface area contributed by atoms with Crippen molar-refractivity contribution in [1.82, 2.24) is 4.31 Å².